The zero-order valence-electron chi connectivity index (χ0n) is 11.6. The van der Waals surface area contributed by atoms with Crippen LogP contribution in [-0.2, 0) is 4.79 Å². The predicted octanol–water partition coefficient (Wildman–Crippen LogP) is 1.66. The molecule has 1 aromatic carbocycles. The van der Waals surface area contributed by atoms with Crippen molar-refractivity contribution in [1.29, 1.82) is 0 Å². The molecule has 0 radical (unpaired) electrons. The molecule has 2 N–H and O–H groups in total. The zero-order valence-corrected chi connectivity index (χ0v) is 12.4. The van der Waals surface area contributed by atoms with Crippen molar-refractivity contribution in [3.05, 3.63) is 36.2 Å². The molecule has 108 valence electrons. The summed E-state index contributed by atoms with van der Waals surface area (Å²) in [4.78, 5) is 26.5. The Morgan fingerprint density at radius 1 is 1.24 bits per heavy atom. The molecule has 1 aliphatic rings. The van der Waals surface area contributed by atoms with Crippen LogP contribution in [0.25, 0.3) is 0 Å². The summed E-state index contributed by atoms with van der Waals surface area (Å²) < 4.78 is 0. The van der Waals surface area contributed by atoms with E-state index in [2.05, 4.69) is 15.0 Å². The third-order valence-electron chi connectivity index (χ3n) is 3.22. The van der Waals surface area contributed by atoms with Crippen molar-refractivity contribution in [2.24, 2.45) is 0 Å². The van der Waals surface area contributed by atoms with E-state index in [9.17, 15) is 4.79 Å². The Morgan fingerprint density at radius 2 is 2.00 bits per heavy atom. The van der Waals surface area contributed by atoms with Gasteiger partial charge in [0.2, 0.25) is 11.9 Å². The lowest BCUT2D eigenvalue weighted by atomic mass is 10.3. The Balaban J connectivity index is 1.75. The van der Waals surface area contributed by atoms with Gasteiger partial charge in [-0.15, -0.1) is 0 Å². The smallest absolute Gasteiger partial charge is 0.240 e. The molecule has 7 heteroatoms. The summed E-state index contributed by atoms with van der Waals surface area (Å²) in [6, 6.07) is 9.68. The topological polar surface area (TPSA) is 85.0 Å². The highest BCUT2D eigenvalue weighted by Crippen LogP contribution is 2.31. The van der Waals surface area contributed by atoms with Crippen molar-refractivity contribution < 1.29 is 4.79 Å². The number of carbonyl (C=O) groups excluding carboxylic acids is 1. The van der Waals surface area contributed by atoms with Crippen molar-refractivity contribution in [1.82, 2.24) is 15.0 Å². The van der Waals surface area contributed by atoms with Crippen LogP contribution in [0.15, 0.2) is 35.5 Å². The maximum atomic E-state index is 12.5. The molecule has 1 fully saturated rings. The number of amides is 1. The summed E-state index contributed by atoms with van der Waals surface area (Å²) in [5, 5.41) is 0.333. The molecule has 3 rings (SSSR count). The van der Waals surface area contributed by atoms with Gasteiger partial charge in [-0.1, -0.05) is 30.0 Å². The number of carbonyl (C=O) groups is 1. The number of nitrogens with two attached hydrogens (primary N) is 1. The highest BCUT2D eigenvalue weighted by Gasteiger charge is 2.34. The van der Waals surface area contributed by atoms with Crippen LogP contribution in [0.5, 0.6) is 0 Å². The highest BCUT2D eigenvalue weighted by molar-refractivity contribution is 8.00. The second-order valence-corrected chi connectivity index (χ2v) is 5.91. The lowest BCUT2D eigenvalue weighted by Gasteiger charge is -2.16. The molecule has 1 aromatic heterocycles. The summed E-state index contributed by atoms with van der Waals surface area (Å²) in [5.41, 5.74) is 6.54. The number of benzene rings is 1. The molecule has 0 bridgehead atoms. The van der Waals surface area contributed by atoms with Gasteiger partial charge in [0, 0.05) is 12.2 Å². The van der Waals surface area contributed by atoms with Crippen LogP contribution in [0.3, 0.4) is 0 Å². The summed E-state index contributed by atoms with van der Waals surface area (Å²) in [6.45, 7) is 2.47. The first-order valence-corrected chi connectivity index (χ1v) is 7.52. The molecule has 1 amide bonds. The van der Waals surface area contributed by atoms with Crippen molar-refractivity contribution >= 4 is 29.3 Å². The van der Waals surface area contributed by atoms with E-state index in [0.29, 0.717) is 17.5 Å². The normalized spacial score (nSPS) is 18.2. The van der Waals surface area contributed by atoms with E-state index < -0.39 is 0 Å². The van der Waals surface area contributed by atoms with Crippen LogP contribution in [-0.4, -0.2) is 32.7 Å². The van der Waals surface area contributed by atoms with Crippen molar-refractivity contribution in [3.63, 3.8) is 0 Å². The molecule has 1 saturated heterocycles. The molecule has 1 unspecified atom stereocenters. The van der Waals surface area contributed by atoms with Gasteiger partial charge in [0.15, 0.2) is 5.16 Å². The molecule has 21 heavy (non-hydrogen) atoms. The number of hydrogen-bond acceptors (Lipinski definition) is 6. The zero-order chi connectivity index (χ0) is 14.8. The van der Waals surface area contributed by atoms with Crippen molar-refractivity contribution in [2.45, 2.75) is 23.8 Å². The largest absolute Gasteiger partial charge is 0.368 e. The number of thioether (sulfide) groups is 1. The lowest BCUT2D eigenvalue weighted by Crippen LogP contribution is -2.28. The van der Waals surface area contributed by atoms with E-state index in [1.165, 1.54) is 11.8 Å². The summed E-state index contributed by atoms with van der Waals surface area (Å²) in [6.07, 6.45) is 0.767. The van der Waals surface area contributed by atoms with Crippen molar-refractivity contribution in [2.75, 3.05) is 17.2 Å². The number of anilines is 2. The fourth-order valence-corrected chi connectivity index (χ4v) is 3.32. The maximum absolute atomic E-state index is 12.5. The number of aromatic nitrogens is 3. The molecule has 0 aliphatic carbocycles. The van der Waals surface area contributed by atoms with Crippen LogP contribution in [0.2, 0.25) is 0 Å². The lowest BCUT2D eigenvalue weighted by molar-refractivity contribution is -0.116. The summed E-state index contributed by atoms with van der Waals surface area (Å²) in [7, 11) is 0. The first-order valence-electron chi connectivity index (χ1n) is 6.65. The Hall–Kier alpha value is -2.15. The van der Waals surface area contributed by atoms with Gasteiger partial charge in [-0.2, -0.15) is 9.97 Å². The van der Waals surface area contributed by atoms with E-state index in [-0.39, 0.29) is 17.1 Å². The summed E-state index contributed by atoms with van der Waals surface area (Å²) >= 11 is 1.35. The standard InChI is InChI=1S/C14H15N5OS/c1-9-16-13(15)18-14(17-9)21-11-7-8-19(12(11)20)10-5-3-2-4-6-10/h2-6,11H,7-8H2,1H3,(H2,15,16,17,18). The quantitative estimate of drug-likeness (QED) is 0.928. The van der Waals surface area contributed by atoms with Crippen LogP contribution in [0.1, 0.15) is 12.2 Å². The van der Waals surface area contributed by atoms with Gasteiger partial charge in [-0.05, 0) is 25.5 Å². The summed E-state index contributed by atoms with van der Waals surface area (Å²) in [5.74, 6) is 0.841. The van der Waals surface area contributed by atoms with Crippen molar-refractivity contribution in [3.8, 4) is 0 Å². The Kier molecular flexibility index (Phi) is 3.74. The number of aryl methyl sites for hydroxylation is 1. The third-order valence-corrected chi connectivity index (χ3v) is 4.33. The first kappa shape index (κ1) is 13.8. The molecule has 6 nitrogen and oxygen atoms in total. The van der Waals surface area contributed by atoms with Crippen LogP contribution < -0.4 is 10.6 Å². The van der Waals surface area contributed by atoms with Crippen LogP contribution in [0, 0.1) is 6.92 Å². The van der Waals surface area contributed by atoms with Gasteiger partial charge in [-0.3, -0.25) is 4.79 Å². The van der Waals surface area contributed by atoms with Gasteiger partial charge in [0.1, 0.15) is 5.82 Å². The van der Waals surface area contributed by atoms with E-state index in [1.807, 2.05) is 30.3 Å². The van der Waals surface area contributed by atoms with Gasteiger partial charge in [0.05, 0.1) is 5.25 Å². The molecule has 0 spiro atoms. The molecule has 1 atom stereocenters. The van der Waals surface area contributed by atoms with Gasteiger partial charge in [-0.25, -0.2) is 4.98 Å². The molecule has 2 aromatic rings. The maximum Gasteiger partial charge on any atom is 0.240 e. The van der Waals surface area contributed by atoms with Crippen LogP contribution >= 0.6 is 11.8 Å². The monoisotopic (exact) mass is 301 g/mol. The van der Waals surface area contributed by atoms with E-state index in [4.69, 9.17) is 5.73 Å². The first-order chi connectivity index (χ1) is 10.1. The minimum atomic E-state index is -0.175. The van der Waals surface area contributed by atoms with E-state index in [0.717, 1.165) is 12.1 Å². The third kappa shape index (κ3) is 2.97. The van der Waals surface area contributed by atoms with Crippen LogP contribution in [0.4, 0.5) is 11.6 Å². The molecule has 2 heterocycles. The Morgan fingerprint density at radius 3 is 2.71 bits per heavy atom. The Bertz CT molecular complexity index is 643. The predicted molar refractivity (Wildman–Crippen MR) is 82.0 cm³/mol. The molecular formula is C14H15N5OS. The van der Waals surface area contributed by atoms with Gasteiger partial charge >= 0.3 is 0 Å². The fourth-order valence-electron chi connectivity index (χ4n) is 2.28. The Labute approximate surface area is 126 Å². The minimum absolute atomic E-state index is 0.0860. The van der Waals surface area contributed by atoms with E-state index in [1.54, 1.807) is 11.8 Å². The fraction of sp³-hybridized carbons (Fsp3) is 0.286. The average Bonchev–Trinajstić information content (AvgIpc) is 2.80. The number of nitrogen functional groups attached to an aromatic ring is 1. The van der Waals surface area contributed by atoms with Gasteiger partial charge in [0.25, 0.3) is 0 Å². The second kappa shape index (κ2) is 5.69. The SMILES string of the molecule is Cc1nc(N)nc(SC2CCN(c3ccccc3)C2=O)n1. The number of para-hydroxylation sites is 1. The number of rotatable bonds is 3. The molecule has 0 saturated carbocycles. The second-order valence-electron chi connectivity index (χ2n) is 4.74. The number of hydrogen-bond donors (Lipinski definition) is 1. The van der Waals surface area contributed by atoms with Gasteiger partial charge < -0.3 is 10.6 Å². The minimum Gasteiger partial charge on any atom is -0.368 e. The molecule has 1 aliphatic heterocycles. The van der Waals surface area contributed by atoms with E-state index >= 15 is 0 Å². The average molecular weight is 301 g/mol. The molecular weight excluding hydrogens is 286 g/mol. The number of nitrogens with zero attached hydrogens (tertiary/aromatic N) is 4. The highest BCUT2D eigenvalue weighted by atomic mass is 32.2.